The average Bonchev–Trinajstić information content (AvgIpc) is 2.30. The zero-order valence-corrected chi connectivity index (χ0v) is 11.3. The van der Waals surface area contributed by atoms with E-state index < -0.39 is 9.84 Å². The molecule has 0 amide bonds. The molecule has 0 heterocycles. The van der Waals surface area contributed by atoms with Gasteiger partial charge in [-0.15, -0.1) is 5.92 Å². The molecule has 0 saturated carbocycles. The van der Waals surface area contributed by atoms with Crippen LogP contribution in [0.3, 0.4) is 0 Å². The highest BCUT2D eigenvalue weighted by Gasteiger charge is 2.12. The second-order valence-corrected chi connectivity index (χ2v) is 5.90. The molecule has 1 aromatic rings. The molecule has 0 aliphatic heterocycles. The molecule has 0 saturated heterocycles. The summed E-state index contributed by atoms with van der Waals surface area (Å²) in [4.78, 5) is 0.332. The SMILES string of the molecule is CC#CCNc1ccc(S(=O)(=O)CCS)cc1. The highest BCUT2D eigenvalue weighted by Crippen LogP contribution is 2.15. The van der Waals surface area contributed by atoms with Crippen LogP contribution in [0.2, 0.25) is 0 Å². The zero-order valence-electron chi connectivity index (χ0n) is 9.60. The quantitative estimate of drug-likeness (QED) is 0.633. The summed E-state index contributed by atoms with van der Waals surface area (Å²) in [5.74, 6) is 6.03. The van der Waals surface area contributed by atoms with Crippen molar-refractivity contribution in [2.45, 2.75) is 11.8 Å². The Morgan fingerprint density at radius 3 is 2.47 bits per heavy atom. The fraction of sp³-hybridized carbons (Fsp3) is 0.333. The molecular formula is C12H15NO2S2. The fourth-order valence-electron chi connectivity index (χ4n) is 1.25. The molecule has 0 atom stereocenters. The lowest BCUT2D eigenvalue weighted by atomic mass is 10.3. The molecule has 1 rings (SSSR count). The Labute approximate surface area is 108 Å². The molecular weight excluding hydrogens is 254 g/mol. The van der Waals surface area contributed by atoms with Gasteiger partial charge in [0.05, 0.1) is 17.2 Å². The molecule has 0 aliphatic carbocycles. The smallest absolute Gasteiger partial charge is 0.179 e. The lowest BCUT2D eigenvalue weighted by molar-refractivity contribution is 0.597. The number of sulfone groups is 1. The standard InChI is InChI=1S/C12H15NO2S2/c1-2-3-8-13-11-4-6-12(7-5-11)17(14,15)10-9-16/h4-7,13,16H,8-10H2,1H3. The van der Waals surface area contributed by atoms with Gasteiger partial charge < -0.3 is 5.32 Å². The van der Waals surface area contributed by atoms with Gasteiger partial charge >= 0.3 is 0 Å². The number of hydrogen-bond donors (Lipinski definition) is 2. The Bertz CT molecular complexity index is 510. The number of rotatable bonds is 5. The summed E-state index contributed by atoms with van der Waals surface area (Å²) in [6.45, 7) is 2.33. The molecule has 1 N–H and O–H groups in total. The van der Waals surface area contributed by atoms with E-state index in [2.05, 4.69) is 29.8 Å². The van der Waals surface area contributed by atoms with Crippen LogP contribution >= 0.6 is 12.6 Å². The summed E-state index contributed by atoms with van der Waals surface area (Å²) in [5, 5.41) is 3.07. The van der Waals surface area contributed by atoms with Crippen LogP contribution in [-0.2, 0) is 9.84 Å². The zero-order chi connectivity index (χ0) is 12.7. The summed E-state index contributed by atoms with van der Waals surface area (Å²) >= 11 is 3.93. The Morgan fingerprint density at radius 2 is 1.94 bits per heavy atom. The van der Waals surface area contributed by atoms with Crippen molar-refractivity contribution in [3.63, 3.8) is 0 Å². The van der Waals surface area contributed by atoms with Crippen molar-refractivity contribution in [1.29, 1.82) is 0 Å². The highest BCUT2D eigenvalue weighted by atomic mass is 32.2. The van der Waals surface area contributed by atoms with Crippen LogP contribution in [-0.4, -0.2) is 26.5 Å². The minimum atomic E-state index is -3.18. The third kappa shape index (κ3) is 4.33. The lowest BCUT2D eigenvalue weighted by Crippen LogP contribution is -2.08. The lowest BCUT2D eigenvalue weighted by Gasteiger charge is -2.05. The van der Waals surface area contributed by atoms with Gasteiger partial charge in [0.2, 0.25) is 0 Å². The normalized spacial score (nSPS) is 10.5. The van der Waals surface area contributed by atoms with E-state index in [1.165, 1.54) is 0 Å². The average molecular weight is 269 g/mol. The molecule has 17 heavy (non-hydrogen) atoms. The van der Waals surface area contributed by atoms with Crippen LogP contribution in [0.25, 0.3) is 0 Å². The molecule has 0 unspecified atom stereocenters. The minimum Gasteiger partial charge on any atom is -0.374 e. The molecule has 3 nitrogen and oxygen atoms in total. The van der Waals surface area contributed by atoms with Crippen LogP contribution in [0.1, 0.15) is 6.92 Å². The van der Waals surface area contributed by atoms with Gasteiger partial charge in [0.25, 0.3) is 0 Å². The number of anilines is 1. The molecule has 0 aliphatic rings. The Kier molecular flexibility index (Phi) is 5.39. The first-order valence-electron chi connectivity index (χ1n) is 5.17. The number of thiol groups is 1. The molecule has 5 heteroatoms. The van der Waals surface area contributed by atoms with Gasteiger partial charge in [-0.1, -0.05) is 5.92 Å². The summed E-state index contributed by atoms with van der Waals surface area (Å²) in [5.41, 5.74) is 0.859. The summed E-state index contributed by atoms with van der Waals surface area (Å²) in [6.07, 6.45) is 0. The second-order valence-electron chi connectivity index (χ2n) is 3.35. The van der Waals surface area contributed by atoms with Gasteiger partial charge in [-0.2, -0.15) is 12.6 Å². The van der Waals surface area contributed by atoms with E-state index in [9.17, 15) is 8.42 Å². The largest absolute Gasteiger partial charge is 0.374 e. The van der Waals surface area contributed by atoms with E-state index in [0.717, 1.165) is 5.69 Å². The summed E-state index contributed by atoms with van der Waals surface area (Å²) < 4.78 is 23.4. The molecule has 0 radical (unpaired) electrons. The minimum absolute atomic E-state index is 0.0597. The summed E-state index contributed by atoms with van der Waals surface area (Å²) in [7, 11) is -3.18. The monoisotopic (exact) mass is 269 g/mol. The van der Waals surface area contributed by atoms with Crippen LogP contribution in [0, 0.1) is 11.8 Å². The number of hydrogen-bond acceptors (Lipinski definition) is 4. The van der Waals surface area contributed by atoms with Gasteiger partial charge in [-0.05, 0) is 31.2 Å². The van der Waals surface area contributed by atoms with Crippen molar-refractivity contribution in [2.24, 2.45) is 0 Å². The molecule has 92 valence electrons. The predicted molar refractivity (Wildman–Crippen MR) is 74.3 cm³/mol. The van der Waals surface area contributed by atoms with Crippen LogP contribution in [0.15, 0.2) is 29.2 Å². The fourth-order valence-corrected chi connectivity index (χ4v) is 3.00. The van der Waals surface area contributed by atoms with Crippen molar-refractivity contribution < 1.29 is 8.42 Å². The van der Waals surface area contributed by atoms with Crippen molar-refractivity contribution in [2.75, 3.05) is 23.4 Å². The van der Waals surface area contributed by atoms with Gasteiger partial charge in [0.1, 0.15) is 0 Å². The molecule has 1 aromatic carbocycles. The predicted octanol–water partition coefficient (Wildman–Crippen LogP) is 1.83. The number of nitrogens with one attached hydrogen (secondary N) is 1. The first-order valence-corrected chi connectivity index (χ1v) is 7.46. The second kappa shape index (κ2) is 6.58. The first-order chi connectivity index (χ1) is 8.10. The van der Waals surface area contributed by atoms with Gasteiger partial charge in [0.15, 0.2) is 9.84 Å². The molecule has 0 fully saturated rings. The van der Waals surface area contributed by atoms with Gasteiger partial charge in [-0.25, -0.2) is 8.42 Å². The van der Waals surface area contributed by atoms with Crippen molar-refractivity contribution in [1.82, 2.24) is 0 Å². The van der Waals surface area contributed by atoms with Crippen molar-refractivity contribution in [3.8, 4) is 11.8 Å². The highest BCUT2D eigenvalue weighted by molar-refractivity contribution is 7.92. The molecule has 0 bridgehead atoms. The van der Waals surface area contributed by atoms with Crippen molar-refractivity contribution >= 4 is 28.2 Å². The Balaban J connectivity index is 2.76. The van der Waals surface area contributed by atoms with E-state index in [1.807, 2.05) is 0 Å². The van der Waals surface area contributed by atoms with E-state index in [0.29, 0.717) is 17.2 Å². The first kappa shape index (κ1) is 13.9. The van der Waals surface area contributed by atoms with Crippen molar-refractivity contribution in [3.05, 3.63) is 24.3 Å². The van der Waals surface area contributed by atoms with E-state index in [4.69, 9.17) is 0 Å². The maximum atomic E-state index is 11.7. The van der Waals surface area contributed by atoms with Gasteiger partial charge in [-0.3, -0.25) is 0 Å². The Morgan fingerprint density at radius 1 is 1.29 bits per heavy atom. The van der Waals surface area contributed by atoms with E-state index >= 15 is 0 Å². The van der Waals surface area contributed by atoms with Crippen LogP contribution < -0.4 is 5.32 Å². The van der Waals surface area contributed by atoms with E-state index in [1.54, 1.807) is 31.2 Å². The third-order valence-corrected chi connectivity index (χ3v) is 4.39. The third-order valence-electron chi connectivity index (χ3n) is 2.13. The maximum absolute atomic E-state index is 11.7. The number of benzene rings is 1. The molecule has 0 aromatic heterocycles. The van der Waals surface area contributed by atoms with E-state index in [-0.39, 0.29) is 5.75 Å². The topological polar surface area (TPSA) is 46.2 Å². The summed E-state index contributed by atoms with van der Waals surface area (Å²) in [6, 6.07) is 6.67. The van der Waals surface area contributed by atoms with Gasteiger partial charge in [0, 0.05) is 11.4 Å². The maximum Gasteiger partial charge on any atom is 0.179 e. The Hall–Kier alpha value is -1.12. The molecule has 0 spiro atoms. The van der Waals surface area contributed by atoms with Crippen LogP contribution in [0.5, 0.6) is 0 Å². The van der Waals surface area contributed by atoms with Crippen LogP contribution in [0.4, 0.5) is 5.69 Å².